The van der Waals surface area contributed by atoms with Crippen molar-refractivity contribution in [2.45, 2.75) is 18.4 Å². The molecule has 7 heteroatoms. The van der Waals surface area contributed by atoms with Gasteiger partial charge in [-0.1, -0.05) is 41.6 Å². The van der Waals surface area contributed by atoms with Crippen molar-refractivity contribution in [1.82, 2.24) is 24.6 Å². The SMILES string of the molecule is Clc1cccc(-c2nnc3n2CN(Cc2cccnc2)CS3)c1. The van der Waals surface area contributed by atoms with Crippen LogP contribution in [-0.2, 0) is 13.2 Å². The van der Waals surface area contributed by atoms with Crippen LogP contribution in [0.3, 0.4) is 0 Å². The molecule has 0 N–H and O–H groups in total. The molecule has 0 amide bonds. The maximum absolute atomic E-state index is 6.10. The minimum atomic E-state index is 0.704. The standard InChI is InChI=1S/C16H14ClN5S/c17-14-5-1-4-13(7-14)15-19-20-16-22(15)10-21(11-23-16)9-12-3-2-6-18-8-12/h1-8H,9-11H2. The Morgan fingerprint density at radius 3 is 2.96 bits per heavy atom. The summed E-state index contributed by atoms with van der Waals surface area (Å²) >= 11 is 7.80. The second kappa shape index (κ2) is 6.31. The van der Waals surface area contributed by atoms with Gasteiger partial charge in [-0.2, -0.15) is 0 Å². The lowest BCUT2D eigenvalue weighted by Crippen LogP contribution is -2.30. The first-order valence-electron chi connectivity index (χ1n) is 7.23. The molecule has 0 unspecified atom stereocenters. The lowest BCUT2D eigenvalue weighted by molar-refractivity contribution is 0.231. The summed E-state index contributed by atoms with van der Waals surface area (Å²) in [6, 6.07) is 11.8. The molecule has 0 atom stereocenters. The fourth-order valence-corrected chi connectivity index (χ4v) is 3.66. The van der Waals surface area contributed by atoms with Crippen LogP contribution < -0.4 is 0 Å². The Morgan fingerprint density at radius 2 is 2.13 bits per heavy atom. The summed E-state index contributed by atoms with van der Waals surface area (Å²) in [6.07, 6.45) is 3.70. The van der Waals surface area contributed by atoms with E-state index in [1.54, 1.807) is 18.0 Å². The molecule has 116 valence electrons. The van der Waals surface area contributed by atoms with Crippen LogP contribution in [0.2, 0.25) is 5.02 Å². The van der Waals surface area contributed by atoms with E-state index in [2.05, 4.69) is 30.7 Å². The summed E-state index contributed by atoms with van der Waals surface area (Å²) in [5, 5.41) is 10.3. The molecule has 0 saturated heterocycles. The Kier molecular flexibility index (Phi) is 4.03. The van der Waals surface area contributed by atoms with Gasteiger partial charge in [0.15, 0.2) is 11.0 Å². The number of pyridine rings is 1. The van der Waals surface area contributed by atoms with Gasteiger partial charge in [0.05, 0.1) is 12.5 Å². The smallest absolute Gasteiger partial charge is 0.193 e. The van der Waals surface area contributed by atoms with Crippen molar-refractivity contribution in [2.75, 3.05) is 5.88 Å². The molecular formula is C16H14ClN5S. The molecule has 0 bridgehead atoms. The average molecular weight is 344 g/mol. The number of fused-ring (bicyclic) bond motifs is 1. The quantitative estimate of drug-likeness (QED) is 0.728. The molecule has 2 aromatic heterocycles. The van der Waals surface area contributed by atoms with Crippen LogP contribution in [-0.4, -0.2) is 30.5 Å². The molecule has 5 nitrogen and oxygen atoms in total. The lowest BCUT2D eigenvalue weighted by atomic mass is 10.2. The monoisotopic (exact) mass is 343 g/mol. The van der Waals surface area contributed by atoms with Crippen LogP contribution in [0.15, 0.2) is 53.9 Å². The van der Waals surface area contributed by atoms with Crippen LogP contribution in [0.4, 0.5) is 0 Å². The van der Waals surface area contributed by atoms with E-state index in [1.807, 2.05) is 36.5 Å². The van der Waals surface area contributed by atoms with Gasteiger partial charge in [0.2, 0.25) is 0 Å². The number of benzene rings is 1. The van der Waals surface area contributed by atoms with Gasteiger partial charge < -0.3 is 0 Å². The summed E-state index contributed by atoms with van der Waals surface area (Å²) in [5.74, 6) is 1.74. The predicted molar refractivity (Wildman–Crippen MR) is 91.0 cm³/mol. The van der Waals surface area contributed by atoms with Crippen molar-refractivity contribution in [2.24, 2.45) is 0 Å². The zero-order valence-corrected chi connectivity index (χ0v) is 13.8. The Bertz CT molecular complexity index is 820. The molecule has 0 aliphatic carbocycles. The van der Waals surface area contributed by atoms with Crippen molar-refractivity contribution in [1.29, 1.82) is 0 Å². The highest BCUT2D eigenvalue weighted by Crippen LogP contribution is 2.30. The van der Waals surface area contributed by atoms with Gasteiger partial charge in [0.25, 0.3) is 0 Å². The summed E-state index contributed by atoms with van der Waals surface area (Å²) in [7, 11) is 0. The highest BCUT2D eigenvalue weighted by Gasteiger charge is 2.22. The molecule has 3 aromatic rings. The molecule has 3 heterocycles. The number of nitrogens with zero attached hydrogens (tertiary/aromatic N) is 5. The average Bonchev–Trinajstić information content (AvgIpc) is 2.99. The first-order chi connectivity index (χ1) is 11.3. The summed E-state index contributed by atoms with van der Waals surface area (Å²) in [5.41, 5.74) is 2.19. The summed E-state index contributed by atoms with van der Waals surface area (Å²) < 4.78 is 2.14. The maximum Gasteiger partial charge on any atom is 0.193 e. The molecule has 0 fully saturated rings. The van der Waals surface area contributed by atoms with Crippen LogP contribution in [0, 0.1) is 0 Å². The van der Waals surface area contributed by atoms with Gasteiger partial charge in [-0.15, -0.1) is 10.2 Å². The molecule has 23 heavy (non-hydrogen) atoms. The molecule has 0 radical (unpaired) electrons. The van der Waals surface area contributed by atoms with Gasteiger partial charge in [-0.3, -0.25) is 14.5 Å². The molecule has 0 spiro atoms. The Hall–Kier alpha value is -1.89. The largest absolute Gasteiger partial charge is 0.288 e. The number of hydrogen-bond acceptors (Lipinski definition) is 5. The Labute approximate surface area is 143 Å². The van der Waals surface area contributed by atoms with Crippen molar-refractivity contribution in [3.05, 3.63) is 59.4 Å². The third-order valence-electron chi connectivity index (χ3n) is 3.65. The van der Waals surface area contributed by atoms with Crippen molar-refractivity contribution < 1.29 is 0 Å². The number of halogens is 1. The topological polar surface area (TPSA) is 46.8 Å². The minimum absolute atomic E-state index is 0.704. The third-order valence-corrected chi connectivity index (χ3v) is 4.94. The fraction of sp³-hybridized carbons (Fsp3) is 0.188. The second-order valence-corrected chi connectivity index (χ2v) is 6.70. The van der Waals surface area contributed by atoms with E-state index in [0.717, 1.165) is 35.6 Å². The zero-order valence-electron chi connectivity index (χ0n) is 12.3. The van der Waals surface area contributed by atoms with Gasteiger partial charge in [-0.05, 0) is 23.8 Å². The van der Waals surface area contributed by atoms with Gasteiger partial charge in [0.1, 0.15) is 0 Å². The van der Waals surface area contributed by atoms with Crippen LogP contribution >= 0.6 is 23.4 Å². The number of thioether (sulfide) groups is 1. The van der Waals surface area contributed by atoms with Crippen molar-refractivity contribution >= 4 is 23.4 Å². The molecule has 1 aliphatic rings. The maximum atomic E-state index is 6.10. The summed E-state index contributed by atoms with van der Waals surface area (Å²) in [4.78, 5) is 6.52. The third kappa shape index (κ3) is 3.10. The zero-order chi connectivity index (χ0) is 15.6. The predicted octanol–water partition coefficient (Wildman–Crippen LogP) is 3.52. The highest BCUT2D eigenvalue weighted by atomic mass is 35.5. The first kappa shape index (κ1) is 14.7. The summed E-state index contributed by atoms with van der Waals surface area (Å²) in [6.45, 7) is 1.61. The van der Waals surface area contributed by atoms with Crippen LogP contribution in [0.5, 0.6) is 0 Å². The second-order valence-electron chi connectivity index (χ2n) is 5.35. The van der Waals surface area contributed by atoms with E-state index in [9.17, 15) is 0 Å². The molecule has 1 aliphatic heterocycles. The first-order valence-corrected chi connectivity index (χ1v) is 8.59. The van der Waals surface area contributed by atoms with Crippen LogP contribution in [0.1, 0.15) is 5.56 Å². The van der Waals surface area contributed by atoms with E-state index in [0.29, 0.717) is 5.02 Å². The minimum Gasteiger partial charge on any atom is -0.288 e. The van der Waals surface area contributed by atoms with E-state index in [4.69, 9.17) is 11.6 Å². The molecular weight excluding hydrogens is 330 g/mol. The lowest BCUT2D eigenvalue weighted by Gasteiger charge is -2.27. The van der Waals surface area contributed by atoms with Crippen molar-refractivity contribution in [3.63, 3.8) is 0 Å². The van der Waals surface area contributed by atoms with Crippen molar-refractivity contribution in [3.8, 4) is 11.4 Å². The Morgan fingerprint density at radius 1 is 1.17 bits per heavy atom. The van der Waals surface area contributed by atoms with E-state index in [1.165, 1.54) is 5.56 Å². The molecule has 4 rings (SSSR count). The normalized spacial score (nSPS) is 14.7. The number of rotatable bonds is 3. The number of hydrogen-bond donors (Lipinski definition) is 0. The van der Waals surface area contributed by atoms with Gasteiger partial charge in [-0.25, -0.2) is 0 Å². The van der Waals surface area contributed by atoms with E-state index in [-0.39, 0.29) is 0 Å². The van der Waals surface area contributed by atoms with E-state index >= 15 is 0 Å². The molecule has 1 aromatic carbocycles. The van der Waals surface area contributed by atoms with Gasteiger partial charge in [0, 0.05) is 29.5 Å². The Balaban J connectivity index is 1.60. The number of aromatic nitrogens is 4. The van der Waals surface area contributed by atoms with E-state index < -0.39 is 0 Å². The highest BCUT2D eigenvalue weighted by molar-refractivity contribution is 7.99. The van der Waals surface area contributed by atoms with Gasteiger partial charge >= 0.3 is 0 Å². The van der Waals surface area contributed by atoms with Crippen LogP contribution in [0.25, 0.3) is 11.4 Å². The fourth-order valence-electron chi connectivity index (χ4n) is 2.60. The molecule has 0 saturated carbocycles.